The van der Waals surface area contributed by atoms with E-state index in [9.17, 15) is 18.0 Å². The minimum atomic E-state index is -3.22. The molecule has 0 fully saturated rings. The zero-order valence-corrected chi connectivity index (χ0v) is 12.8. The van der Waals surface area contributed by atoms with Crippen LogP contribution in [-0.2, 0) is 14.8 Å². The van der Waals surface area contributed by atoms with Gasteiger partial charge in [-0.2, -0.15) is 0 Å². The maximum absolute atomic E-state index is 11.5. The highest BCUT2D eigenvalue weighted by atomic mass is 32.2. The second kappa shape index (κ2) is 8.75. The molecule has 0 saturated carbocycles. The summed E-state index contributed by atoms with van der Waals surface area (Å²) in [6, 6.07) is -1.50. The summed E-state index contributed by atoms with van der Waals surface area (Å²) in [5, 5.41) is 13.8. The Morgan fingerprint density at radius 3 is 2.25 bits per heavy atom. The molecule has 0 spiro atoms. The summed E-state index contributed by atoms with van der Waals surface area (Å²) in [6.07, 6.45) is 1.82. The van der Waals surface area contributed by atoms with Gasteiger partial charge in [0.25, 0.3) is 0 Å². The number of carbonyl (C=O) groups is 2. The first-order valence-corrected chi connectivity index (χ1v) is 8.22. The lowest BCUT2D eigenvalue weighted by molar-refractivity contribution is -0.139. The van der Waals surface area contributed by atoms with Crippen LogP contribution in [0.5, 0.6) is 0 Å². The standard InChI is InChI=1S/C11H23N3O5S/c1-8(2)7-9(10(15)16)14-11(17)12-5-4-6-13-20(3,18)19/h8-9,13H,4-7H2,1-3H3,(H,15,16)(H2,12,14,17)/t9-/m0/s1. The maximum Gasteiger partial charge on any atom is 0.326 e. The van der Waals surface area contributed by atoms with Crippen LogP contribution in [0.25, 0.3) is 0 Å². The zero-order chi connectivity index (χ0) is 15.8. The van der Waals surface area contributed by atoms with Crippen LogP contribution in [-0.4, -0.2) is 50.9 Å². The normalized spacial score (nSPS) is 13.0. The Hall–Kier alpha value is -1.35. The molecule has 0 aromatic carbocycles. The molecule has 0 saturated heterocycles. The van der Waals surface area contributed by atoms with Gasteiger partial charge >= 0.3 is 12.0 Å². The van der Waals surface area contributed by atoms with Crippen LogP contribution in [0.4, 0.5) is 4.79 Å². The van der Waals surface area contributed by atoms with E-state index in [2.05, 4.69) is 15.4 Å². The van der Waals surface area contributed by atoms with Crippen molar-refractivity contribution >= 4 is 22.0 Å². The Morgan fingerprint density at radius 1 is 1.20 bits per heavy atom. The molecule has 0 aliphatic rings. The predicted octanol–water partition coefficient (Wildman–Crippen LogP) is -0.276. The fourth-order valence-electron chi connectivity index (χ4n) is 1.45. The molecule has 0 aliphatic carbocycles. The molecule has 0 aromatic rings. The van der Waals surface area contributed by atoms with E-state index in [4.69, 9.17) is 5.11 Å². The SMILES string of the molecule is CC(C)C[C@H](NC(=O)NCCCNS(C)(=O)=O)C(=O)O. The molecule has 0 bridgehead atoms. The Kier molecular flexibility index (Phi) is 8.16. The van der Waals surface area contributed by atoms with E-state index in [0.29, 0.717) is 12.8 Å². The Balaban J connectivity index is 3.94. The van der Waals surface area contributed by atoms with Gasteiger partial charge in [-0.3, -0.25) is 0 Å². The van der Waals surface area contributed by atoms with E-state index >= 15 is 0 Å². The monoisotopic (exact) mass is 309 g/mol. The molecule has 20 heavy (non-hydrogen) atoms. The molecule has 0 aromatic heterocycles. The number of hydrogen-bond donors (Lipinski definition) is 4. The van der Waals surface area contributed by atoms with E-state index in [1.807, 2.05) is 13.8 Å². The average molecular weight is 309 g/mol. The second-order valence-electron chi connectivity index (χ2n) is 4.94. The second-order valence-corrected chi connectivity index (χ2v) is 6.77. The number of aliphatic carboxylic acids is 1. The highest BCUT2D eigenvalue weighted by Crippen LogP contribution is 2.04. The number of urea groups is 1. The largest absolute Gasteiger partial charge is 0.480 e. The van der Waals surface area contributed by atoms with Crippen molar-refractivity contribution in [3.05, 3.63) is 0 Å². The molecule has 118 valence electrons. The molecule has 2 amide bonds. The molecule has 9 heteroatoms. The Morgan fingerprint density at radius 2 is 1.80 bits per heavy atom. The third-order valence-electron chi connectivity index (χ3n) is 2.31. The highest BCUT2D eigenvalue weighted by Gasteiger charge is 2.20. The molecule has 0 radical (unpaired) electrons. The number of amides is 2. The van der Waals surface area contributed by atoms with Crippen LogP contribution in [0.2, 0.25) is 0 Å². The number of carboxylic acids is 1. The van der Waals surface area contributed by atoms with Crippen LogP contribution in [0, 0.1) is 5.92 Å². The van der Waals surface area contributed by atoms with Crippen LogP contribution in [0.15, 0.2) is 0 Å². The number of carbonyl (C=O) groups excluding carboxylic acids is 1. The molecule has 0 unspecified atom stereocenters. The Bertz CT molecular complexity index is 422. The quantitative estimate of drug-likeness (QED) is 0.436. The van der Waals surface area contributed by atoms with Crippen LogP contribution in [0.1, 0.15) is 26.7 Å². The summed E-state index contributed by atoms with van der Waals surface area (Å²) in [4.78, 5) is 22.4. The van der Waals surface area contributed by atoms with Crippen molar-refractivity contribution in [3.8, 4) is 0 Å². The number of nitrogens with one attached hydrogen (secondary N) is 3. The van der Waals surface area contributed by atoms with Crippen molar-refractivity contribution in [2.45, 2.75) is 32.7 Å². The van der Waals surface area contributed by atoms with Crippen LogP contribution < -0.4 is 15.4 Å². The van der Waals surface area contributed by atoms with Gasteiger partial charge in [0.15, 0.2) is 0 Å². The maximum atomic E-state index is 11.5. The summed E-state index contributed by atoms with van der Waals surface area (Å²) in [6.45, 7) is 4.20. The highest BCUT2D eigenvalue weighted by molar-refractivity contribution is 7.88. The van der Waals surface area contributed by atoms with Crippen LogP contribution in [0.3, 0.4) is 0 Å². The zero-order valence-electron chi connectivity index (χ0n) is 12.0. The smallest absolute Gasteiger partial charge is 0.326 e. The number of hydrogen-bond acceptors (Lipinski definition) is 4. The summed E-state index contributed by atoms with van der Waals surface area (Å²) >= 11 is 0. The summed E-state index contributed by atoms with van der Waals surface area (Å²) in [5.74, 6) is -0.928. The first-order valence-electron chi connectivity index (χ1n) is 6.33. The van der Waals surface area contributed by atoms with Crippen molar-refractivity contribution in [1.29, 1.82) is 0 Å². The molecular formula is C11H23N3O5S. The molecule has 8 nitrogen and oxygen atoms in total. The van der Waals surface area contributed by atoms with Gasteiger partial charge in [-0.25, -0.2) is 22.7 Å². The minimum absolute atomic E-state index is 0.148. The molecule has 1 atom stereocenters. The predicted molar refractivity (Wildman–Crippen MR) is 74.9 cm³/mol. The van der Waals surface area contributed by atoms with E-state index in [1.54, 1.807) is 0 Å². The van der Waals surface area contributed by atoms with Crippen molar-refractivity contribution in [3.63, 3.8) is 0 Å². The average Bonchev–Trinajstić information content (AvgIpc) is 2.25. The molecule has 0 heterocycles. The van der Waals surface area contributed by atoms with Crippen molar-refractivity contribution in [2.75, 3.05) is 19.3 Å². The van der Waals surface area contributed by atoms with Crippen molar-refractivity contribution in [2.24, 2.45) is 5.92 Å². The van der Waals surface area contributed by atoms with Gasteiger partial charge in [0.2, 0.25) is 10.0 Å². The fourth-order valence-corrected chi connectivity index (χ4v) is 1.97. The number of carboxylic acid groups (broad SMARTS) is 1. The van der Waals surface area contributed by atoms with Gasteiger partial charge in [-0.05, 0) is 18.8 Å². The third-order valence-corrected chi connectivity index (χ3v) is 3.04. The van der Waals surface area contributed by atoms with Gasteiger partial charge in [0.05, 0.1) is 6.26 Å². The van der Waals surface area contributed by atoms with Crippen molar-refractivity contribution in [1.82, 2.24) is 15.4 Å². The third kappa shape index (κ3) is 10.6. The molecule has 0 rings (SSSR count). The molecule has 4 N–H and O–H groups in total. The lowest BCUT2D eigenvalue weighted by Gasteiger charge is -2.16. The lowest BCUT2D eigenvalue weighted by atomic mass is 10.0. The fraction of sp³-hybridized carbons (Fsp3) is 0.818. The molecule has 0 aliphatic heterocycles. The van der Waals surface area contributed by atoms with Gasteiger partial charge in [-0.15, -0.1) is 0 Å². The van der Waals surface area contributed by atoms with E-state index in [-0.39, 0.29) is 19.0 Å². The first-order chi connectivity index (χ1) is 9.11. The van der Waals surface area contributed by atoms with Gasteiger partial charge < -0.3 is 15.7 Å². The van der Waals surface area contributed by atoms with Crippen LogP contribution >= 0.6 is 0 Å². The minimum Gasteiger partial charge on any atom is -0.480 e. The Labute approximate surface area is 119 Å². The lowest BCUT2D eigenvalue weighted by Crippen LogP contribution is -2.47. The van der Waals surface area contributed by atoms with Crippen molar-refractivity contribution < 1.29 is 23.1 Å². The summed E-state index contributed by atoms with van der Waals surface area (Å²) in [5.41, 5.74) is 0. The van der Waals surface area contributed by atoms with E-state index in [1.165, 1.54) is 0 Å². The van der Waals surface area contributed by atoms with Gasteiger partial charge in [-0.1, -0.05) is 13.8 Å². The first kappa shape index (κ1) is 18.7. The number of sulfonamides is 1. The van der Waals surface area contributed by atoms with E-state index in [0.717, 1.165) is 6.26 Å². The van der Waals surface area contributed by atoms with Gasteiger partial charge in [0.1, 0.15) is 6.04 Å². The summed E-state index contributed by atoms with van der Waals surface area (Å²) < 4.78 is 23.8. The van der Waals surface area contributed by atoms with Gasteiger partial charge in [0, 0.05) is 13.1 Å². The van der Waals surface area contributed by atoms with E-state index < -0.39 is 28.1 Å². The summed E-state index contributed by atoms with van der Waals surface area (Å²) in [7, 11) is -3.22. The molecular weight excluding hydrogens is 286 g/mol. The number of rotatable bonds is 9. The topological polar surface area (TPSA) is 125 Å².